The monoisotopic (exact) mass is 469 g/mol. The normalized spacial score (nSPS) is 20.2. The minimum atomic E-state index is -4.22. The lowest BCUT2D eigenvalue weighted by molar-refractivity contribution is -0.136. The maximum atomic E-state index is 13.5. The van der Waals surface area contributed by atoms with Crippen molar-refractivity contribution in [3.8, 4) is 5.75 Å². The lowest BCUT2D eigenvalue weighted by Crippen LogP contribution is -2.46. The van der Waals surface area contributed by atoms with Crippen molar-refractivity contribution in [2.75, 3.05) is 13.7 Å². The number of halogens is 2. The van der Waals surface area contributed by atoms with Crippen LogP contribution in [0.3, 0.4) is 0 Å². The highest BCUT2D eigenvalue weighted by Gasteiger charge is 2.45. The Hall–Kier alpha value is -2.09. The highest BCUT2D eigenvalue weighted by molar-refractivity contribution is 7.89. The second kappa shape index (κ2) is 8.57. The van der Waals surface area contributed by atoms with Crippen molar-refractivity contribution >= 4 is 44.9 Å². The lowest BCUT2D eigenvalue weighted by Gasteiger charge is -2.31. The molecule has 1 fully saturated rings. The Bertz CT molecular complexity index is 1090. The summed E-state index contributed by atoms with van der Waals surface area (Å²) < 4.78 is 32.4. The Morgan fingerprint density at radius 2 is 1.70 bits per heavy atom. The van der Waals surface area contributed by atoms with Crippen LogP contribution in [0.5, 0.6) is 5.75 Å². The van der Waals surface area contributed by atoms with E-state index in [1.165, 1.54) is 31.4 Å². The fraction of sp³-hybridized carbons (Fsp3) is 0.333. The molecule has 0 aliphatic carbocycles. The number of methoxy groups -OCH3 is 1. The van der Waals surface area contributed by atoms with Gasteiger partial charge in [-0.1, -0.05) is 30.1 Å². The number of nitrogens with zero attached hydrogens (tertiary/aromatic N) is 1. The van der Waals surface area contributed by atoms with Crippen LogP contribution in [-0.2, 0) is 26.0 Å². The number of ether oxygens (including phenoxy) is 1. The number of hydrogen-bond donors (Lipinski definition) is 0. The molecule has 0 radical (unpaired) electrons. The van der Waals surface area contributed by atoms with Crippen LogP contribution in [0, 0.1) is 5.41 Å². The molecule has 9 heteroatoms. The highest BCUT2D eigenvalue weighted by Crippen LogP contribution is 2.38. The number of amides is 1. The van der Waals surface area contributed by atoms with Gasteiger partial charge in [0.15, 0.2) is 5.78 Å². The Morgan fingerprint density at radius 1 is 1.07 bits per heavy atom. The molecule has 1 atom stereocenters. The summed E-state index contributed by atoms with van der Waals surface area (Å²) in [6.45, 7) is 1.17. The summed E-state index contributed by atoms with van der Waals surface area (Å²) in [5.41, 5.74) is -0.470. The number of Topliss-reactive ketones (excluding diaryl/α,β-unsaturated/α-hetero) is 1. The molecule has 0 saturated carbocycles. The molecule has 0 spiro atoms. The maximum absolute atomic E-state index is 13.5. The molecular weight excluding hydrogens is 449 g/mol. The molecule has 2 aromatic carbocycles. The molecule has 1 saturated heterocycles. The van der Waals surface area contributed by atoms with E-state index in [2.05, 4.69) is 0 Å². The van der Waals surface area contributed by atoms with E-state index in [4.69, 9.17) is 27.9 Å². The lowest BCUT2D eigenvalue weighted by atomic mass is 9.79. The van der Waals surface area contributed by atoms with Crippen molar-refractivity contribution in [1.29, 1.82) is 0 Å². The zero-order valence-electron chi connectivity index (χ0n) is 16.5. The molecule has 30 heavy (non-hydrogen) atoms. The van der Waals surface area contributed by atoms with Gasteiger partial charge in [-0.25, -0.2) is 12.7 Å². The topological polar surface area (TPSA) is 80.8 Å². The fourth-order valence-electron chi connectivity index (χ4n) is 3.53. The molecule has 1 heterocycles. The molecule has 3 rings (SSSR count). The molecule has 2 aromatic rings. The van der Waals surface area contributed by atoms with Crippen LogP contribution in [0.25, 0.3) is 0 Å². The van der Waals surface area contributed by atoms with Crippen LogP contribution in [-0.4, -0.2) is 38.1 Å². The second-order valence-electron chi connectivity index (χ2n) is 7.50. The summed E-state index contributed by atoms with van der Waals surface area (Å²) in [6.07, 6.45) is 0.486. The van der Waals surface area contributed by atoms with Crippen molar-refractivity contribution in [1.82, 2.24) is 4.31 Å². The van der Waals surface area contributed by atoms with Crippen molar-refractivity contribution in [2.24, 2.45) is 5.41 Å². The molecule has 1 aliphatic heterocycles. The van der Waals surface area contributed by atoms with E-state index in [1.807, 2.05) is 0 Å². The molecule has 160 valence electrons. The van der Waals surface area contributed by atoms with Crippen molar-refractivity contribution < 1.29 is 22.7 Å². The largest absolute Gasteiger partial charge is 0.496 e. The number of sulfonamides is 1. The van der Waals surface area contributed by atoms with E-state index in [9.17, 15) is 18.0 Å². The Morgan fingerprint density at radius 3 is 2.33 bits per heavy atom. The zero-order chi connectivity index (χ0) is 22.1. The standard InChI is InChI=1S/C21H21Cl2NO5S/c1-21(12-14-11-16(23)5-8-19(14)29-2)10-9-17(25)13-24(20(21)26)30(27,28)18-6-3-15(22)4-7-18/h3-8,11H,9-10,12-13H2,1-2H3. The van der Waals surface area contributed by atoms with Crippen molar-refractivity contribution in [2.45, 2.75) is 31.1 Å². The number of hydrogen-bond acceptors (Lipinski definition) is 5. The van der Waals surface area contributed by atoms with E-state index in [-0.39, 0.29) is 29.9 Å². The summed E-state index contributed by atoms with van der Waals surface area (Å²) in [6, 6.07) is 10.5. The maximum Gasteiger partial charge on any atom is 0.266 e. The molecule has 1 amide bonds. The summed E-state index contributed by atoms with van der Waals surface area (Å²) in [5.74, 6) is -0.413. The fourth-order valence-corrected chi connectivity index (χ4v) is 5.34. The predicted octanol–water partition coefficient (Wildman–Crippen LogP) is 4.13. The van der Waals surface area contributed by atoms with Gasteiger partial charge in [0.2, 0.25) is 5.91 Å². The van der Waals surface area contributed by atoms with Gasteiger partial charge < -0.3 is 4.74 Å². The van der Waals surface area contributed by atoms with Crippen LogP contribution in [0.4, 0.5) is 0 Å². The van der Waals surface area contributed by atoms with Crippen LogP contribution >= 0.6 is 23.2 Å². The van der Waals surface area contributed by atoms with Gasteiger partial charge in [0.1, 0.15) is 5.75 Å². The first-order valence-corrected chi connectivity index (χ1v) is 11.4. The third kappa shape index (κ3) is 4.48. The van der Waals surface area contributed by atoms with E-state index in [1.54, 1.807) is 25.1 Å². The Labute approximate surface area is 185 Å². The second-order valence-corrected chi connectivity index (χ2v) is 10.2. The smallest absolute Gasteiger partial charge is 0.266 e. The minimum absolute atomic E-state index is 0.0950. The summed E-state index contributed by atoms with van der Waals surface area (Å²) in [4.78, 5) is 25.7. The summed E-state index contributed by atoms with van der Waals surface area (Å²) in [7, 11) is -2.72. The number of rotatable bonds is 5. The third-order valence-corrected chi connectivity index (χ3v) is 7.47. The van der Waals surface area contributed by atoms with Crippen molar-refractivity contribution in [3.63, 3.8) is 0 Å². The van der Waals surface area contributed by atoms with Gasteiger partial charge in [-0.05, 0) is 60.9 Å². The van der Waals surface area contributed by atoms with Gasteiger partial charge in [-0.2, -0.15) is 0 Å². The Kier molecular flexibility index (Phi) is 6.45. The minimum Gasteiger partial charge on any atom is -0.496 e. The summed E-state index contributed by atoms with van der Waals surface area (Å²) in [5, 5.41) is 0.835. The summed E-state index contributed by atoms with van der Waals surface area (Å²) >= 11 is 12.0. The van der Waals surface area contributed by atoms with E-state index in [0.29, 0.717) is 25.7 Å². The van der Waals surface area contributed by atoms with E-state index in [0.717, 1.165) is 0 Å². The van der Waals surface area contributed by atoms with Crippen LogP contribution in [0.15, 0.2) is 47.4 Å². The molecule has 1 aliphatic rings. The molecule has 6 nitrogen and oxygen atoms in total. The van der Waals surface area contributed by atoms with Crippen molar-refractivity contribution in [3.05, 3.63) is 58.1 Å². The van der Waals surface area contributed by atoms with Gasteiger partial charge in [0.25, 0.3) is 10.0 Å². The van der Waals surface area contributed by atoms with Gasteiger partial charge >= 0.3 is 0 Å². The van der Waals surface area contributed by atoms with Gasteiger partial charge in [0.05, 0.1) is 24.0 Å². The number of ketones is 1. The molecule has 0 aromatic heterocycles. The van der Waals surface area contributed by atoms with Gasteiger partial charge in [-0.15, -0.1) is 0 Å². The van der Waals surface area contributed by atoms with E-state index >= 15 is 0 Å². The zero-order valence-corrected chi connectivity index (χ0v) is 18.9. The molecular formula is C21H21Cl2NO5S. The SMILES string of the molecule is COc1ccc(Cl)cc1CC1(C)CCC(=O)CN(S(=O)(=O)c2ccc(Cl)cc2)C1=O. The number of carbonyl (C=O) groups is 2. The van der Waals surface area contributed by atoms with E-state index < -0.39 is 27.9 Å². The van der Waals surface area contributed by atoms with Crippen LogP contribution in [0.1, 0.15) is 25.3 Å². The first kappa shape index (κ1) is 22.6. The van der Waals surface area contributed by atoms with Gasteiger partial charge in [-0.3, -0.25) is 9.59 Å². The van der Waals surface area contributed by atoms with Gasteiger partial charge in [0, 0.05) is 16.5 Å². The predicted molar refractivity (Wildman–Crippen MR) is 114 cm³/mol. The average Bonchev–Trinajstić information content (AvgIpc) is 2.81. The number of carbonyl (C=O) groups excluding carboxylic acids is 2. The first-order chi connectivity index (χ1) is 14.1. The molecule has 1 unspecified atom stereocenters. The Balaban J connectivity index is 2.03. The molecule has 0 N–H and O–H groups in total. The first-order valence-electron chi connectivity index (χ1n) is 9.24. The number of benzene rings is 2. The highest BCUT2D eigenvalue weighted by atomic mass is 35.5. The van der Waals surface area contributed by atoms with Crippen LogP contribution < -0.4 is 4.74 Å². The molecule has 0 bridgehead atoms. The third-order valence-electron chi connectivity index (χ3n) is 5.24. The average molecular weight is 470 g/mol. The quantitative estimate of drug-likeness (QED) is 0.657. The van der Waals surface area contributed by atoms with Crippen LogP contribution in [0.2, 0.25) is 10.0 Å².